The van der Waals surface area contributed by atoms with Crippen molar-refractivity contribution in [1.29, 1.82) is 0 Å². The summed E-state index contributed by atoms with van der Waals surface area (Å²) < 4.78 is 0. The summed E-state index contributed by atoms with van der Waals surface area (Å²) in [7, 11) is 0. The zero-order valence-electron chi connectivity index (χ0n) is 10.4. The minimum absolute atomic E-state index is 0.0463. The van der Waals surface area contributed by atoms with Gasteiger partial charge in [-0.3, -0.25) is 4.79 Å². The Labute approximate surface area is 107 Å². The van der Waals surface area contributed by atoms with Crippen LogP contribution in [0.15, 0.2) is 36.9 Å². The van der Waals surface area contributed by atoms with E-state index in [-0.39, 0.29) is 5.91 Å². The average molecular weight is 249 g/mol. The Morgan fingerprint density at radius 2 is 2.18 bits per heavy atom. The lowest BCUT2D eigenvalue weighted by molar-refractivity contribution is -0.113. The van der Waals surface area contributed by atoms with Crippen LogP contribution in [0.1, 0.15) is 25.3 Å². The van der Waals surface area contributed by atoms with Gasteiger partial charge in [-0.15, -0.1) is 18.3 Å². The number of benzene rings is 1. The minimum atomic E-state index is 0.0463. The summed E-state index contributed by atoms with van der Waals surface area (Å²) in [6.45, 7) is 7.87. The van der Waals surface area contributed by atoms with Gasteiger partial charge >= 0.3 is 0 Å². The van der Waals surface area contributed by atoms with Crippen LogP contribution < -0.4 is 5.32 Å². The van der Waals surface area contributed by atoms with Crippen molar-refractivity contribution >= 4 is 23.4 Å². The van der Waals surface area contributed by atoms with Crippen LogP contribution in [-0.4, -0.2) is 17.4 Å². The molecule has 0 spiro atoms. The molecule has 17 heavy (non-hydrogen) atoms. The van der Waals surface area contributed by atoms with Crippen molar-refractivity contribution < 1.29 is 4.79 Å². The molecule has 1 aromatic carbocycles. The maximum Gasteiger partial charge on any atom is 0.234 e. The first kappa shape index (κ1) is 13.8. The van der Waals surface area contributed by atoms with Crippen LogP contribution in [0, 0.1) is 0 Å². The van der Waals surface area contributed by atoms with E-state index in [1.807, 2.05) is 18.2 Å². The van der Waals surface area contributed by atoms with Crippen LogP contribution in [-0.2, 0) is 4.79 Å². The fraction of sp³-hybridized carbons (Fsp3) is 0.357. The maximum absolute atomic E-state index is 11.7. The zero-order valence-corrected chi connectivity index (χ0v) is 11.2. The van der Waals surface area contributed by atoms with E-state index in [9.17, 15) is 4.79 Å². The minimum Gasteiger partial charge on any atom is -0.325 e. The molecule has 0 radical (unpaired) electrons. The Balaban J connectivity index is 2.61. The second-order valence-corrected chi connectivity index (χ2v) is 5.12. The van der Waals surface area contributed by atoms with Crippen LogP contribution in [0.2, 0.25) is 0 Å². The van der Waals surface area contributed by atoms with Gasteiger partial charge in [0.05, 0.1) is 5.75 Å². The molecule has 1 rings (SSSR count). The largest absolute Gasteiger partial charge is 0.325 e. The highest BCUT2D eigenvalue weighted by atomic mass is 32.2. The lowest BCUT2D eigenvalue weighted by atomic mass is 10.0. The molecular weight excluding hydrogens is 230 g/mol. The van der Waals surface area contributed by atoms with Crippen molar-refractivity contribution in [3.05, 3.63) is 42.5 Å². The second-order valence-electron chi connectivity index (χ2n) is 4.09. The van der Waals surface area contributed by atoms with E-state index < -0.39 is 0 Å². The highest BCUT2D eigenvalue weighted by Gasteiger charge is 2.08. The molecule has 2 nitrogen and oxygen atoms in total. The maximum atomic E-state index is 11.7. The van der Waals surface area contributed by atoms with Gasteiger partial charge in [0.1, 0.15) is 0 Å². The van der Waals surface area contributed by atoms with Gasteiger partial charge in [0.2, 0.25) is 5.91 Å². The number of anilines is 1. The molecule has 0 aliphatic heterocycles. The second kappa shape index (κ2) is 7.17. The van der Waals surface area contributed by atoms with E-state index in [2.05, 4.69) is 31.8 Å². The molecule has 0 unspecified atom stereocenters. The van der Waals surface area contributed by atoms with Gasteiger partial charge in [-0.25, -0.2) is 0 Å². The van der Waals surface area contributed by atoms with E-state index in [1.165, 1.54) is 5.56 Å². The molecule has 0 bridgehead atoms. The number of hydrogen-bond acceptors (Lipinski definition) is 2. The van der Waals surface area contributed by atoms with Crippen LogP contribution in [0.4, 0.5) is 5.69 Å². The number of carbonyl (C=O) groups excluding carboxylic acids is 1. The fourth-order valence-electron chi connectivity index (χ4n) is 1.54. The Morgan fingerprint density at radius 1 is 1.47 bits per heavy atom. The van der Waals surface area contributed by atoms with Crippen molar-refractivity contribution in [3.63, 3.8) is 0 Å². The lowest BCUT2D eigenvalue weighted by Gasteiger charge is -2.13. The normalized spacial score (nSPS) is 10.3. The number of thioether (sulfide) groups is 1. The molecule has 92 valence electrons. The van der Waals surface area contributed by atoms with E-state index in [0.29, 0.717) is 11.7 Å². The van der Waals surface area contributed by atoms with Gasteiger partial charge in [0, 0.05) is 11.4 Å². The monoisotopic (exact) mass is 249 g/mol. The van der Waals surface area contributed by atoms with Crippen LogP contribution in [0.5, 0.6) is 0 Å². The predicted molar refractivity (Wildman–Crippen MR) is 76.7 cm³/mol. The van der Waals surface area contributed by atoms with Gasteiger partial charge in [0.25, 0.3) is 0 Å². The van der Waals surface area contributed by atoms with E-state index in [0.717, 1.165) is 11.4 Å². The van der Waals surface area contributed by atoms with Crippen molar-refractivity contribution in [2.24, 2.45) is 0 Å². The Kier molecular flexibility index (Phi) is 5.84. The summed E-state index contributed by atoms with van der Waals surface area (Å²) in [4.78, 5) is 11.7. The number of rotatable bonds is 6. The first-order valence-corrected chi connectivity index (χ1v) is 6.88. The molecule has 1 amide bonds. The summed E-state index contributed by atoms with van der Waals surface area (Å²) in [5.41, 5.74) is 2.10. The molecule has 0 atom stereocenters. The Hall–Kier alpha value is -1.22. The molecule has 3 heteroatoms. The molecule has 1 N–H and O–H groups in total. The molecular formula is C14H19NOS. The van der Waals surface area contributed by atoms with Gasteiger partial charge in [-0.2, -0.15) is 0 Å². The molecule has 0 fully saturated rings. The zero-order chi connectivity index (χ0) is 12.7. The van der Waals surface area contributed by atoms with Crippen molar-refractivity contribution in [1.82, 2.24) is 0 Å². The summed E-state index contributed by atoms with van der Waals surface area (Å²) in [5, 5.41) is 2.96. The van der Waals surface area contributed by atoms with Gasteiger partial charge < -0.3 is 5.32 Å². The predicted octanol–water partition coefficient (Wildman–Crippen LogP) is 3.67. The van der Waals surface area contributed by atoms with Crippen LogP contribution in [0.3, 0.4) is 0 Å². The molecule has 0 saturated carbocycles. The van der Waals surface area contributed by atoms with E-state index in [4.69, 9.17) is 0 Å². The van der Waals surface area contributed by atoms with Crippen molar-refractivity contribution in [3.8, 4) is 0 Å². The molecule has 0 saturated heterocycles. The standard InChI is InChI=1S/C14H19NOS/c1-4-9-17-10-14(16)15-13-8-6-5-7-12(13)11(2)3/h4-8,11H,1,9-10H2,2-3H3,(H,15,16). The first-order valence-electron chi connectivity index (χ1n) is 5.72. The Bertz CT molecular complexity index is 388. The molecule has 0 aliphatic carbocycles. The highest BCUT2D eigenvalue weighted by Crippen LogP contribution is 2.23. The summed E-state index contributed by atoms with van der Waals surface area (Å²) in [5.74, 6) is 1.73. The Morgan fingerprint density at radius 3 is 2.82 bits per heavy atom. The smallest absolute Gasteiger partial charge is 0.234 e. The third kappa shape index (κ3) is 4.65. The molecule has 0 aromatic heterocycles. The van der Waals surface area contributed by atoms with E-state index in [1.54, 1.807) is 17.8 Å². The number of carbonyl (C=O) groups is 1. The topological polar surface area (TPSA) is 29.1 Å². The molecule has 0 heterocycles. The van der Waals surface area contributed by atoms with Crippen LogP contribution >= 0.6 is 11.8 Å². The van der Waals surface area contributed by atoms with Crippen LogP contribution in [0.25, 0.3) is 0 Å². The third-order valence-electron chi connectivity index (χ3n) is 2.33. The fourth-order valence-corrected chi connectivity index (χ4v) is 2.08. The average Bonchev–Trinajstić information content (AvgIpc) is 2.29. The first-order chi connectivity index (χ1) is 8.15. The number of nitrogens with one attached hydrogen (secondary N) is 1. The molecule has 0 aliphatic rings. The summed E-state index contributed by atoms with van der Waals surface area (Å²) >= 11 is 1.56. The van der Waals surface area contributed by atoms with Crippen molar-refractivity contribution in [2.45, 2.75) is 19.8 Å². The van der Waals surface area contributed by atoms with Gasteiger partial charge in [0.15, 0.2) is 0 Å². The van der Waals surface area contributed by atoms with Crippen molar-refractivity contribution in [2.75, 3.05) is 16.8 Å². The molecule has 1 aromatic rings. The number of hydrogen-bond donors (Lipinski definition) is 1. The van der Waals surface area contributed by atoms with Gasteiger partial charge in [-0.05, 0) is 17.5 Å². The lowest BCUT2D eigenvalue weighted by Crippen LogP contribution is -2.15. The van der Waals surface area contributed by atoms with Gasteiger partial charge in [-0.1, -0.05) is 38.1 Å². The third-order valence-corrected chi connectivity index (χ3v) is 3.26. The SMILES string of the molecule is C=CCSCC(=O)Nc1ccccc1C(C)C. The number of para-hydroxylation sites is 1. The quantitative estimate of drug-likeness (QED) is 0.615. The number of amides is 1. The highest BCUT2D eigenvalue weighted by molar-refractivity contribution is 8.00. The summed E-state index contributed by atoms with van der Waals surface area (Å²) in [6.07, 6.45) is 1.81. The van der Waals surface area contributed by atoms with E-state index >= 15 is 0 Å². The summed E-state index contributed by atoms with van der Waals surface area (Å²) in [6, 6.07) is 7.94.